The molecule has 0 radical (unpaired) electrons. The lowest BCUT2D eigenvalue weighted by atomic mass is 9.99. The largest absolute Gasteiger partial charge is 0.462 e. The topological polar surface area (TPSA) is 190 Å². The van der Waals surface area contributed by atoms with Crippen LogP contribution >= 0.6 is 0 Å². The van der Waals surface area contributed by atoms with Gasteiger partial charge < -0.3 is 15.2 Å². The molecule has 14 heteroatoms. The molecular weight excluding hydrogens is 582 g/mol. The Labute approximate surface area is 253 Å². The number of rotatable bonds is 7. The molecule has 2 aromatic heterocycles. The fraction of sp³-hybridized carbons (Fsp3) is 0.129. The number of hydrogen-bond acceptors (Lipinski definition) is 10. The number of para-hydroxylation sites is 1. The number of fused-ring (bicyclic) bond motifs is 2. The Bertz CT molecular complexity index is 2220. The molecule has 224 valence electrons. The zero-order valence-corrected chi connectivity index (χ0v) is 23.8. The number of nitro benzene ring substituents is 1. The van der Waals surface area contributed by atoms with Crippen LogP contribution in [0.3, 0.4) is 0 Å². The Morgan fingerprint density at radius 2 is 1.78 bits per heavy atom. The molecule has 45 heavy (non-hydrogen) atoms. The summed E-state index contributed by atoms with van der Waals surface area (Å²) in [6.45, 7) is 3.21. The third-order valence-electron chi connectivity index (χ3n) is 7.34. The van der Waals surface area contributed by atoms with Crippen molar-refractivity contribution >= 4 is 28.3 Å². The van der Waals surface area contributed by atoms with E-state index in [1.54, 1.807) is 62.4 Å². The van der Waals surface area contributed by atoms with Crippen molar-refractivity contribution in [2.24, 2.45) is 5.73 Å². The number of nitriles is 1. The average molecular weight is 606 g/mol. The normalized spacial score (nSPS) is 13.8. The molecule has 0 saturated heterocycles. The number of aromatic nitrogens is 4. The van der Waals surface area contributed by atoms with E-state index in [2.05, 4.69) is 5.10 Å². The third kappa shape index (κ3) is 4.59. The number of aryl methyl sites for hydroxylation is 1. The van der Waals surface area contributed by atoms with Crippen LogP contribution in [0.4, 0.5) is 5.69 Å². The predicted molar refractivity (Wildman–Crippen MR) is 161 cm³/mol. The van der Waals surface area contributed by atoms with Crippen LogP contribution in [-0.4, -0.2) is 36.6 Å². The van der Waals surface area contributed by atoms with Crippen molar-refractivity contribution in [1.29, 1.82) is 5.26 Å². The summed E-state index contributed by atoms with van der Waals surface area (Å²) in [5, 5.41) is 25.0. The van der Waals surface area contributed by atoms with Crippen LogP contribution < -0.4 is 21.6 Å². The van der Waals surface area contributed by atoms with Crippen LogP contribution in [-0.2, 0) is 9.53 Å². The van der Waals surface area contributed by atoms with Crippen molar-refractivity contribution in [3.63, 3.8) is 0 Å². The first-order valence-electron chi connectivity index (χ1n) is 13.6. The minimum Gasteiger partial charge on any atom is -0.462 e. The maximum atomic E-state index is 14.1. The molecule has 3 heterocycles. The Morgan fingerprint density at radius 3 is 2.42 bits per heavy atom. The molecule has 3 aromatic carbocycles. The first-order chi connectivity index (χ1) is 21.7. The first kappa shape index (κ1) is 28.6. The van der Waals surface area contributed by atoms with Gasteiger partial charge in [0.25, 0.3) is 16.8 Å². The van der Waals surface area contributed by atoms with Crippen molar-refractivity contribution < 1.29 is 19.2 Å². The monoisotopic (exact) mass is 605 g/mol. The zero-order chi connectivity index (χ0) is 32.0. The van der Waals surface area contributed by atoms with E-state index in [0.29, 0.717) is 22.7 Å². The summed E-state index contributed by atoms with van der Waals surface area (Å²) in [5.74, 6) is -0.860. The lowest BCUT2D eigenvalue weighted by molar-refractivity contribution is -0.384. The number of nitrogens with zero attached hydrogens (tertiary/aromatic N) is 6. The summed E-state index contributed by atoms with van der Waals surface area (Å²) in [5.41, 5.74) is 5.79. The van der Waals surface area contributed by atoms with Crippen molar-refractivity contribution in [3.05, 3.63) is 126 Å². The van der Waals surface area contributed by atoms with Gasteiger partial charge in [0, 0.05) is 12.1 Å². The van der Waals surface area contributed by atoms with Crippen LogP contribution in [0.2, 0.25) is 0 Å². The second-order valence-corrected chi connectivity index (χ2v) is 9.97. The van der Waals surface area contributed by atoms with Crippen LogP contribution in [0.1, 0.15) is 29.8 Å². The van der Waals surface area contributed by atoms with E-state index in [9.17, 15) is 29.8 Å². The van der Waals surface area contributed by atoms with E-state index in [4.69, 9.17) is 15.2 Å². The van der Waals surface area contributed by atoms with Gasteiger partial charge in [-0.15, -0.1) is 0 Å². The molecule has 5 aromatic rings. The van der Waals surface area contributed by atoms with Crippen LogP contribution in [0, 0.1) is 28.4 Å². The van der Waals surface area contributed by atoms with Gasteiger partial charge >= 0.3 is 5.97 Å². The fourth-order valence-corrected chi connectivity index (χ4v) is 5.35. The van der Waals surface area contributed by atoms with E-state index in [0.717, 1.165) is 21.5 Å². The number of carbonyl (C=O) groups is 1. The standard InChI is InChI=1S/C31H23N7O7/c1-3-44-31(41)25-26(36-28(39)22-14-11-20(38(42)43)15-23(22)29(40)37(36)27(25)33)24-17(2)34-35(19-7-5-4-6-8-19)30(24)45-21-12-9-18(16-32)10-13-21/h4-15,26H,3,33H2,1-2H3. The molecule has 1 atom stereocenters. The SMILES string of the molecule is CCOC(=O)C1=C(N)n2c(=O)c3cc([N+](=O)[O-])ccc3c(=O)n2C1c1c(C)nn(-c2ccccc2)c1Oc1ccc(C#N)cc1. The molecular formula is C31H23N7O7. The lowest BCUT2D eigenvalue weighted by Gasteiger charge is -2.19. The van der Waals surface area contributed by atoms with Crippen LogP contribution in [0.25, 0.3) is 22.3 Å². The summed E-state index contributed by atoms with van der Waals surface area (Å²) < 4.78 is 15.0. The van der Waals surface area contributed by atoms with Gasteiger partial charge in [-0.2, -0.15) is 15.0 Å². The minimum atomic E-state index is -1.35. The van der Waals surface area contributed by atoms with E-state index >= 15 is 0 Å². The maximum absolute atomic E-state index is 14.1. The van der Waals surface area contributed by atoms with Crippen LogP contribution in [0.5, 0.6) is 11.6 Å². The number of nitro groups is 1. The molecule has 6 rings (SSSR count). The minimum absolute atomic E-state index is 0.0342. The predicted octanol–water partition coefficient (Wildman–Crippen LogP) is 3.52. The Balaban J connectivity index is 1.68. The van der Waals surface area contributed by atoms with Crippen LogP contribution in [0.15, 0.2) is 88.0 Å². The number of esters is 1. The number of benzene rings is 3. The van der Waals surface area contributed by atoms with E-state index < -0.39 is 33.7 Å². The number of hydrogen-bond donors (Lipinski definition) is 1. The molecule has 2 N–H and O–H groups in total. The maximum Gasteiger partial charge on any atom is 0.340 e. The van der Waals surface area contributed by atoms with Gasteiger partial charge in [-0.3, -0.25) is 19.7 Å². The molecule has 0 fully saturated rings. The molecule has 1 aliphatic rings. The highest BCUT2D eigenvalue weighted by molar-refractivity contribution is 5.97. The lowest BCUT2D eigenvalue weighted by Crippen LogP contribution is -2.38. The Hall–Kier alpha value is -6.49. The van der Waals surface area contributed by atoms with Gasteiger partial charge in [-0.1, -0.05) is 18.2 Å². The van der Waals surface area contributed by atoms with Crippen molar-refractivity contribution in [3.8, 4) is 23.4 Å². The fourth-order valence-electron chi connectivity index (χ4n) is 5.35. The summed E-state index contributed by atoms with van der Waals surface area (Å²) in [6.07, 6.45) is 0. The van der Waals surface area contributed by atoms with Gasteiger partial charge in [0.15, 0.2) is 0 Å². The highest BCUT2D eigenvalue weighted by atomic mass is 16.6. The first-order valence-corrected chi connectivity index (χ1v) is 13.6. The highest BCUT2D eigenvalue weighted by Crippen LogP contribution is 2.42. The van der Waals surface area contributed by atoms with Gasteiger partial charge in [0.2, 0.25) is 5.88 Å². The molecule has 1 unspecified atom stereocenters. The number of ether oxygens (including phenoxy) is 2. The molecule has 0 bridgehead atoms. The molecule has 0 spiro atoms. The van der Waals surface area contributed by atoms with Gasteiger partial charge in [0.1, 0.15) is 23.2 Å². The molecule has 14 nitrogen and oxygen atoms in total. The number of nitrogens with two attached hydrogens (primary N) is 1. The molecule has 0 amide bonds. The zero-order valence-electron chi connectivity index (χ0n) is 23.8. The third-order valence-corrected chi connectivity index (χ3v) is 7.34. The molecule has 0 aliphatic carbocycles. The number of non-ortho nitro benzene ring substituents is 1. The average Bonchev–Trinajstić information content (AvgIpc) is 3.53. The second kappa shape index (κ2) is 11.0. The quantitative estimate of drug-likeness (QED) is 0.163. The van der Waals surface area contributed by atoms with E-state index in [1.807, 2.05) is 12.1 Å². The summed E-state index contributed by atoms with van der Waals surface area (Å²) in [6, 6.07) is 19.2. The van der Waals surface area contributed by atoms with Crippen molar-refractivity contribution in [2.75, 3.05) is 6.61 Å². The van der Waals surface area contributed by atoms with Crippen molar-refractivity contribution in [2.45, 2.75) is 19.9 Å². The van der Waals surface area contributed by atoms with E-state index in [-0.39, 0.29) is 40.2 Å². The molecule has 0 saturated carbocycles. The summed E-state index contributed by atoms with van der Waals surface area (Å²) >= 11 is 0. The Kier molecular flexibility index (Phi) is 6.98. The van der Waals surface area contributed by atoms with Gasteiger partial charge in [-0.05, 0) is 56.3 Å². The highest BCUT2D eigenvalue weighted by Gasteiger charge is 2.43. The summed E-state index contributed by atoms with van der Waals surface area (Å²) in [7, 11) is 0. The molecule has 1 aliphatic heterocycles. The van der Waals surface area contributed by atoms with Gasteiger partial charge in [0.05, 0.1) is 50.9 Å². The summed E-state index contributed by atoms with van der Waals surface area (Å²) in [4.78, 5) is 52.3. The number of carbonyl (C=O) groups excluding carboxylic acids is 1. The smallest absolute Gasteiger partial charge is 0.340 e. The Morgan fingerprint density at radius 1 is 1.07 bits per heavy atom. The van der Waals surface area contributed by atoms with Crippen molar-refractivity contribution in [1.82, 2.24) is 19.1 Å². The van der Waals surface area contributed by atoms with E-state index in [1.165, 1.54) is 10.7 Å². The van der Waals surface area contributed by atoms with Gasteiger partial charge in [-0.25, -0.2) is 14.2 Å². The second-order valence-electron chi connectivity index (χ2n) is 9.97.